The van der Waals surface area contributed by atoms with E-state index < -0.39 is 0 Å². The number of hydrogen-bond acceptors (Lipinski definition) is 2. The van der Waals surface area contributed by atoms with Crippen molar-refractivity contribution in [2.24, 2.45) is 5.92 Å². The Balaban J connectivity index is 1.64. The van der Waals surface area contributed by atoms with E-state index in [0.717, 1.165) is 17.7 Å². The van der Waals surface area contributed by atoms with Crippen LogP contribution in [0, 0.1) is 5.92 Å². The molecule has 0 heterocycles. The summed E-state index contributed by atoms with van der Waals surface area (Å²) >= 11 is 0. The molecule has 0 amide bonds. The van der Waals surface area contributed by atoms with Gasteiger partial charge in [0.1, 0.15) is 5.75 Å². The van der Waals surface area contributed by atoms with Crippen LogP contribution >= 0.6 is 0 Å². The predicted octanol–water partition coefficient (Wildman–Crippen LogP) is 3.41. The zero-order valence-electron chi connectivity index (χ0n) is 11.6. The van der Waals surface area contributed by atoms with Crippen LogP contribution in [0.25, 0.3) is 0 Å². The van der Waals surface area contributed by atoms with Crippen LogP contribution in [-0.4, -0.2) is 20.2 Å². The second kappa shape index (κ2) is 6.79. The first kappa shape index (κ1) is 13.4. The van der Waals surface area contributed by atoms with Gasteiger partial charge in [-0.25, -0.2) is 0 Å². The molecule has 2 heteroatoms. The van der Waals surface area contributed by atoms with E-state index in [9.17, 15) is 0 Å². The van der Waals surface area contributed by atoms with Gasteiger partial charge in [-0.3, -0.25) is 0 Å². The molecule has 0 bridgehead atoms. The van der Waals surface area contributed by atoms with Crippen LogP contribution in [0.15, 0.2) is 24.3 Å². The Labute approximate surface area is 111 Å². The van der Waals surface area contributed by atoms with Crippen molar-refractivity contribution in [3.05, 3.63) is 29.8 Å². The fourth-order valence-corrected chi connectivity index (χ4v) is 2.60. The third kappa shape index (κ3) is 4.02. The van der Waals surface area contributed by atoms with E-state index in [1.54, 1.807) is 7.11 Å². The highest BCUT2D eigenvalue weighted by Gasteiger charge is 2.29. The van der Waals surface area contributed by atoms with E-state index in [4.69, 9.17) is 4.74 Å². The van der Waals surface area contributed by atoms with Crippen molar-refractivity contribution >= 4 is 0 Å². The van der Waals surface area contributed by atoms with Crippen molar-refractivity contribution in [2.45, 2.75) is 44.6 Å². The second-order valence-corrected chi connectivity index (χ2v) is 5.33. The summed E-state index contributed by atoms with van der Waals surface area (Å²) in [4.78, 5) is 0. The van der Waals surface area contributed by atoms with Crippen LogP contribution < -0.4 is 10.1 Å². The highest BCUT2D eigenvalue weighted by atomic mass is 16.5. The largest absolute Gasteiger partial charge is 0.497 e. The average molecular weight is 247 g/mol. The van der Waals surface area contributed by atoms with Crippen LogP contribution in [-0.2, 0) is 6.42 Å². The van der Waals surface area contributed by atoms with Gasteiger partial charge in [0.15, 0.2) is 0 Å². The number of benzene rings is 1. The lowest BCUT2D eigenvalue weighted by Gasteiger charge is -2.14. The zero-order valence-corrected chi connectivity index (χ0v) is 11.6. The minimum atomic E-state index is 0.765. The topological polar surface area (TPSA) is 21.3 Å². The summed E-state index contributed by atoms with van der Waals surface area (Å²) in [5.41, 5.74) is 1.42. The summed E-state index contributed by atoms with van der Waals surface area (Å²) in [6, 6.07) is 9.22. The van der Waals surface area contributed by atoms with Crippen molar-refractivity contribution in [3.8, 4) is 5.75 Å². The maximum Gasteiger partial charge on any atom is 0.118 e. The molecule has 1 aliphatic carbocycles. The molecule has 100 valence electrons. The van der Waals surface area contributed by atoms with Gasteiger partial charge in [-0.15, -0.1) is 0 Å². The normalized spacial score (nSPS) is 16.6. The smallest absolute Gasteiger partial charge is 0.118 e. The third-order valence-corrected chi connectivity index (χ3v) is 3.95. The average Bonchev–Trinajstić information content (AvgIpc) is 3.24. The molecule has 1 aliphatic rings. The van der Waals surface area contributed by atoms with Gasteiger partial charge in [-0.2, -0.15) is 0 Å². The molecule has 1 N–H and O–H groups in total. The SMILES string of the molecule is CNC(CCCCc1ccc(OC)cc1)C1CC1. The van der Waals surface area contributed by atoms with Crippen LogP contribution in [0.4, 0.5) is 0 Å². The second-order valence-electron chi connectivity index (χ2n) is 5.33. The molecule has 0 aliphatic heterocycles. The molecule has 0 radical (unpaired) electrons. The molecule has 2 nitrogen and oxygen atoms in total. The lowest BCUT2D eigenvalue weighted by Crippen LogP contribution is -2.27. The van der Waals surface area contributed by atoms with E-state index >= 15 is 0 Å². The van der Waals surface area contributed by atoms with Crippen LogP contribution in [0.1, 0.15) is 37.7 Å². The number of unbranched alkanes of at least 4 members (excludes halogenated alkanes) is 1. The molecule has 0 spiro atoms. The number of hydrogen-bond donors (Lipinski definition) is 1. The van der Waals surface area contributed by atoms with Gasteiger partial charge >= 0.3 is 0 Å². The molecule has 1 aromatic carbocycles. The van der Waals surface area contributed by atoms with Gasteiger partial charge in [0.05, 0.1) is 7.11 Å². The summed E-state index contributed by atoms with van der Waals surface area (Å²) in [7, 11) is 3.82. The monoisotopic (exact) mass is 247 g/mol. The summed E-state index contributed by atoms with van der Waals surface area (Å²) in [6.07, 6.45) is 8.00. The van der Waals surface area contributed by atoms with Crippen molar-refractivity contribution in [1.29, 1.82) is 0 Å². The molecule has 1 unspecified atom stereocenters. The minimum absolute atomic E-state index is 0.765. The highest BCUT2D eigenvalue weighted by molar-refractivity contribution is 5.27. The molecule has 1 fully saturated rings. The lowest BCUT2D eigenvalue weighted by molar-refractivity contribution is 0.414. The summed E-state index contributed by atoms with van der Waals surface area (Å²) in [6.45, 7) is 0. The summed E-state index contributed by atoms with van der Waals surface area (Å²) in [5, 5.41) is 3.46. The Morgan fingerprint density at radius 2 is 1.94 bits per heavy atom. The molecular formula is C16H25NO. The molecule has 18 heavy (non-hydrogen) atoms. The van der Waals surface area contributed by atoms with E-state index in [0.29, 0.717) is 0 Å². The first-order chi connectivity index (χ1) is 8.83. The van der Waals surface area contributed by atoms with E-state index in [1.807, 2.05) is 0 Å². The minimum Gasteiger partial charge on any atom is -0.497 e. The van der Waals surface area contributed by atoms with E-state index in [2.05, 4.69) is 36.6 Å². The third-order valence-electron chi connectivity index (χ3n) is 3.95. The Kier molecular flexibility index (Phi) is 5.06. The van der Waals surface area contributed by atoms with Gasteiger partial charge in [0, 0.05) is 6.04 Å². The van der Waals surface area contributed by atoms with Crippen LogP contribution in [0.2, 0.25) is 0 Å². The molecular weight excluding hydrogens is 222 g/mol. The Morgan fingerprint density at radius 3 is 2.50 bits per heavy atom. The summed E-state index contributed by atoms with van der Waals surface area (Å²) in [5.74, 6) is 1.92. The standard InChI is InChI=1S/C16H25NO/c1-17-16(14-9-10-14)6-4-3-5-13-7-11-15(18-2)12-8-13/h7-8,11-12,14,16-17H,3-6,9-10H2,1-2H3. The van der Waals surface area contributed by atoms with Gasteiger partial charge < -0.3 is 10.1 Å². The molecule has 0 saturated heterocycles. The van der Waals surface area contributed by atoms with Gasteiger partial charge in [-0.1, -0.05) is 18.6 Å². The number of ether oxygens (including phenoxy) is 1. The zero-order chi connectivity index (χ0) is 12.8. The molecule has 1 saturated carbocycles. The van der Waals surface area contributed by atoms with Crippen molar-refractivity contribution in [3.63, 3.8) is 0 Å². The predicted molar refractivity (Wildman–Crippen MR) is 76.1 cm³/mol. The Morgan fingerprint density at radius 1 is 1.22 bits per heavy atom. The molecule has 1 atom stereocenters. The fourth-order valence-electron chi connectivity index (χ4n) is 2.60. The number of aryl methyl sites for hydroxylation is 1. The summed E-state index contributed by atoms with van der Waals surface area (Å²) < 4.78 is 5.17. The number of rotatable bonds is 8. The number of methoxy groups -OCH3 is 1. The molecule has 1 aromatic rings. The van der Waals surface area contributed by atoms with Gasteiger partial charge in [-0.05, 0) is 62.8 Å². The van der Waals surface area contributed by atoms with Crippen molar-refractivity contribution < 1.29 is 4.74 Å². The van der Waals surface area contributed by atoms with Gasteiger partial charge in [0.25, 0.3) is 0 Å². The van der Waals surface area contributed by atoms with Crippen molar-refractivity contribution in [1.82, 2.24) is 5.32 Å². The number of nitrogens with one attached hydrogen (secondary N) is 1. The first-order valence-electron chi connectivity index (χ1n) is 7.13. The maximum absolute atomic E-state index is 5.17. The van der Waals surface area contributed by atoms with Crippen molar-refractivity contribution in [2.75, 3.05) is 14.2 Å². The molecule has 0 aromatic heterocycles. The van der Waals surface area contributed by atoms with E-state index in [-0.39, 0.29) is 0 Å². The Hall–Kier alpha value is -1.02. The van der Waals surface area contributed by atoms with E-state index in [1.165, 1.54) is 44.1 Å². The highest BCUT2D eigenvalue weighted by Crippen LogP contribution is 2.34. The molecule has 2 rings (SSSR count). The quantitative estimate of drug-likeness (QED) is 0.711. The lowest BCUT2D eigenvalue weighted by atomic mass is 10.0. The van der Waals surface area contributed by atoms with Crippen LogP contribution in [0.3, 0.4) is 0 Å². The van der Waals surface area contributed by atoms with Gasteiger partial charge in [0.2, 0.25) is 0 Å². The maximum atomic E-state index is 5.17. The fraction of sp³-hybridized carbons (Fsp3) is 0.625. The Bertz CT molecular complexity index is 343. The first-order valence-corrected chi connectivity index (χ1v) is 7.13. The van der Waals surface area contributed by atoms with Crippen LogP contribution in [0.5, 0.6) is 5.75 Å².